The lowest BCUT2D eigenvalue weighted by Gasteiger charge is -2.23. The van der Waals surface area contributed by atoms with Crippen molar-refractivity contribution in [1.82, 2.24) is 4.31 Å². The van der Waals surface area contributed by atoms with Crippen LogP contribution in [-0.4, -0.2) is 34.2 Å². The maximum atomic E-state index is 13.2. The van der Waals surface area contributed by atoms with Gasteiger partial charge in [0.25, 0.3) is 0 Å². The highest BCUT2D eigenvalue weighted by atomic mass is 32.2. The first-order chi connectivity index (χ1) is 11.9. The minimum absolute atomic E-state index is 0.178. The number of nitrogens with zero attached hydrogens (tertiary/aromatic N) is 1. The minimum Gasteiger partial charge on any atom is -0.225 e. The quantitative estimate of drug-likeness (QED) is 0.669. The van der Waals surface area contributed by atoms with Crippen molar-refractivity contribution < 1.29 is 30.0 Å². The topological polar surface area (TPSA) is 97.5 Å². The van der Waals surface area contributed by atoms with Gasteiger partial charge in [-0.1, -0.05) is 26.7 Å². The lowest BCUT2D eigenvalue weighted by Crippen LogP contribution is -2.33. The highest BCUT2D eigenvalue weighted by molar-refractivity contribution is 7.89. The zero-order valence-corrected chi connectivity index (χ0v) is 16.2. The van der Waals surface area contributed by atoms with E-state index in [0.29, 0.717) is 25.0 Å². The smallest absolute Gasteiger partial charge is 0.225 e. The Kier molecular flexibility index (Phi) is 7.63. The lowest BCUT2D eigenvalue weighted by molar-refractivity contribution is -0.140. The third-order valence-electron chi connectivity index (χ3n) is 3.72. The molecule has 0 spiro atoms. The van der Waals surface area contributed by atoms with Gasteiger partial charge in [-0.3, -0.25) is 0 Å². The van der Waals surface area contributed by atoms with Gasteiger partial charge in [-0.25, -0.2) is 22.0 Å². The SMILES string of the molecule is CCCCN(CCCC)S(=O)(=O)c1ccc(S(N)(=O)=O)c(C(F)(F)F)c1. The number of unbranched alkanes of at least 4 members (excludes halogenated alkanes) is 2. The van der Waals surface area contributed by atoms with E-state index >= 15 is 0 Å². The van der Waals surface area contributed by atoms with Crippen molar-refractivity contribution in [3.8, 4) is 0 Å². The Morgan fingerprint density at radius 3 is 1.88 bits per heavy atom. The number of sulfonamides is 2. The van der Waals surface area contributed by atoms with Gasteiger partial charge in [0.05, 0.1) is 15.4 Å². The molecule has 0 fully saturated rings. The molecule has 0 saturated heterocycles. The Balaban J connectivity index is 3.48. The molecule has 0 aliphatic carbocycles. The van der Waals surface area contributed by atoms with E-state index in [0.717, 1.165) is 23.2 Å². The van der Waals surface area contributed by atoms with Gasteiger partial charge >= 0.3 is 6.18 Å². The zero-order valence-electron chi connectivity index (χ0n) is 14.6. The maximum Gasteiger partial charge on any atom is 0.417 e. The molecular formula is C15H23F3N2O4S2. The third kappa shape index (κ3) is 5.66. The summed E-state index contributed by atoms with van der Waals surface area (Å²) in [6.45, 7) is 4.09. The molecule has 6 nitrogen and oxygen atoms in total. The average Bonchev–Trinajstić information content (AvgIpc) is 2.52. The van der Waals surface area contributed by atoms with Gasteiger partial charge in [-0.05, 0) is 31.0 Å². The van der Waals surface area contributed by atoms with Gasteiger partial charge in [-0.15, -0.1) is 0 Å². The predicted molar refractivity (Wildman–Crippen MR) is 91.4 cm³/mol. The highest BCUT2D eigenvalue weighted by Crippen LogP contribution is 2.35. The Labute approximate surface area is 152 Å². The van der Waals surface area contributed by atoms with E-state index in [1.54, 1.807) is 0 Å². The molecule has 0 amide bonds. The van der Waals surface area contributed by atoms with Crippen LogP contribution >= 0.6 is 0 Å². The summed E-state index contributed by atoms with van der Waals surface area (Å²) in [5, 5.41) is 4.82. The first-order valence-corrected chi connectivity index (χ1v) is 11.1. The fourth-order valence-corrected chi connectivity index (χ4v) is 4.59. The normalized spacial score (nSPS) is 13.3. The van der Waals surface area contributed by atoms with E-state index in [9.17, 15) is 30.0 Å². The Hall–Kier alpha value is -1.17. The molecule has 150 valence electrons. The number of hydrogen-bond donors (Lipinski definition) is 1. The Bertz CT molecular complexity index is 814. The molecule has 1 aromatic carbocycles. The average molecular weight is 416 g/mol. The Morgan fingerprint density at radius 2 is 1.50 bits per heavy atom. The molecule has 26 heavy (non-hydrogen) atoms. The van der Waals surface area contributed by atoms with Crippen molar-refractivity contribution in [1.29, 1.82) is 0 Å². The van der Waals surface area contributed by atoms with Gasteiger partial charge in [-0.2, -0.15) is 17.5 Å². The van der Waals surface area contributed by atoms with Crippen LogP contribution in [0.25, 0.3) is 0 Å². The molecule has 0 aliphatic rings. The van der Waals surface area contributed by atoms with E-state index in [-0.39, 0.29) is 13.1 Å². The number of alkyl halides is 3. The van der Waals surface area contributed by atoms with Crippen molar-refractivity contribution in [2.45, 2.75) is 55.5 Å². The monoisotopic (exact) mass is 416 g/mol. The lowest BCUT2D eigenvalue weighted by atomic mass is 10.2. The van der Waals surface area contributed by atoms with Crippen molar-refractivity contribution in [2.24, 2.45) is 5.14 Å². The second-order valence-electron chi connectivity index (χ2n) is 5.81. The summed E-state index contributed by atoms with van der Waals surface area (Å²) >= 11 is 0. The number of primary sulfonamides is 1. The molecule has 1 aromatic rings. The Morgan fingerprint density at radius 1 is 1.00 bits per heavy atom. The first-order valence-electron chi connectivity index (χ1n) is 8.09. The molecule has 0 bridgehead atoms. The largest absolute Gasteiger partial charge is 0.417 e. The standard InChI is InChI=1S/C15H23F3N2O4S2/c1-3-5-9-20(10-6-4-2)26(23,24)12-7-8-14(25(19,21)22)13(11-12)15(16,17)18/h7-8,11H,3-6,9-10H2,1-2H3,(H2,19,21,22). The number of nitrogens with two attached hydrogens (primary N) is 1. The number of rotatable bonds is 9. The van der Waals surface area contributed by atoms with E-state index in [1.807, 2.05) is 13.8 Å². The van der Waals surface area contributed by atoms with E-state index in [4.69, 9.17) is 5.14 Å². The number of halogens is 3. The maximum absolute atomic E-state index is 13.2. The van der Waals surface area contributed by atoms with Gasteiger partial charge < -0.3 is 0 Å². The van der Waals surface area contributed by atoms with Crippen molar-refractivity contribution in [2.75, 3.05) is 13.1 Å². The molecule has 0 aliphatic heterocycles. The van der Waals surface area contributed by atoms with Crippen LogP contribution in [0, 0.1) is 0 Å². The molecule has 1 rings (SSSR count). The molecular weight excluding hydrogens is 393 g/mol. The number of benzene rings is 1. The first kappa shape index (κ1) is 22.9. The summed E-state index contributed by atoms with van der Waals surface area (Å²) < 4.78 is 89.1. The van der Waals surface area contributed by atoms with Crippen molar-refractivity contribution in [3.05, 3.63) is 23.8 Å². The number of hydrogen-bond acceptors (Lipinski definition) is 4. The van der Waals surface area contributed by atoms with Crippen LogP contribution in [-0.2, 0) is 26.2 Å². The second kappa shape index (κ2) is 8.68. The van der Waals surface area contributed by atoms with Gasteiger partial charge in [0.1, 0.15) is 0 Å². The van der Waals surface area contributed by atoms with Gasteiger partial charge in [0.2, 0.25) is 20.0 Å². The second-order valence-corrected chi connectivity index (χ2v) is 9.28. The van der Waals surface area contributed by atoms with Crippen LogP contribution in [0.1, 0.15) is 45.1 Å². The summed E-state index contributed by atoms with van der Waals surface area (Å²) in [7, 11) is -8.85. The molecule has 0 heterocycles. The summed E-state index contributed by atoms with van der Waals surface area (Å²) in [6.07, 6.45) is -2.51. The minimum atomic E-state index is -5.06. The zero-order chi connectivity index (χ0) is 20.2. The summed E-state index contributed by atoms with van der Waals surface area (Å²) in [5.41, 5.74) is -1.59. The third-order valence-corrected chi connectivity index (χ3v) is 6.59. The molecule has 0 radical (unpaired) electrons. The fourth-order valence-electron chi connectivity index (χ4n) is 2.31. The van der Waals surface area contributed by atoms with Crippen LogP contribution in [0.4, 0.5) is 13.2 Å². The van der Waals surface area contributed by atoms with Crippen LogP contribution < -0.4 is 5.14 Å². The molecule has 0 saturated carbocycles. The molecule has 11 heteroatoms. The molecule has 0 atom stereocenters. The summed E-state index contributed by atoms with van der Waals surface area (Å²) in [5.74, 6) is 0. The van der Waals surface area contributed by atoms with Crippen LogP contribution in [0.5, 0.6) is 0 Å². The van der Waals surface area contributed by atoms with Crippen LogP contribution in [0.3, 0.4) is 0 Å². The summed E-state index contributed by atoms with van der Waals surface area (Å²) in [6, 6.07) is 1.76. The van der Waals surface area contributed by atoms with Gasteiger partial charge in [0, 0.05) is 13.1 Å². The predicted octanol–water partition coefficient (Wildman–Crippen LogP) is 2.94. The summed E-state index contributed by atoms with van der Waals surface area (Å²) in [4.78, 5) is -1.76. The van der Waals surface area contributed by atoms with Gasteiger partial charge in [0.15, 0.2) is 0 Å². The van der Waals surface area contributed by atoms with E-state index in [2.05, 4.69) is 0 Å². The van der Waals surface area contributed by atoms with E-state index in [1.165, 1.54) is 0 Å². The van der Waals surface area contributed by atoms with Crippen LogP contribution in [0.15, 0.2) is 28.0 Å². The van der Waals surface area contributed by atoms with Crippen molar-refractivity contribution >= 4 is 20.0 Å². The highest BCUT2D eigenvalue weighted by Gasteiger charge is 2.38. The van der Waals surface area contributed by atoms with Crippen LogP contribution in [0.2, 0.25) is 0 Å². The fraction of sp³-hybridized carbons (Fsp3) is 0.600. The van der Waals surface area contributed by atoms with Crippen molar-refractivity contribution in [3.63, 3.8) is 0 Å². The molecule has 2 N–H and O–H groups in total. The molecule has 0 aromatic heterocycles. The molecule has 0 unspecified atom stereocenters. The van der Waals surface area contributed by atoms with E-state index < -0.39 is 41.6 Å².